The largest absolute Gasteiger partial charge is 0.482 e. The Labute approximate surface area is 91.6 Å². The van der Waals surface area contributed by atoms with E-state index in [2.05, 4.69) is 4.98 Å². The number of hydrogen-bond donors (Lipinski definition) is 0. The molecule has 2 aromatic rings. The summed E-state index contributed by atoms with van der Waals surface area (Å²) in [5, 5.41) is 0.444. The Kier molecular flexibility index (Phi) is 2.83. The van der Waals surface area contributed by atoms with Gasteiger partial charge in [0.05, 0.1) is 0 Å². The van der Waals surface area contributed by atoms with Crippen LogP contribution in [0.1, 0.15) is 0 Å². The Morgan fingerprint density at radius 2 is 2.13 bits per heavy atom. The van der Waals surface area contributed by atoms with Crippen LogP contribution in [-0.2, 0) is 4.79 Å². The lowest BCUT2D eigenvalue weighted by molar-refractivity contribution is -0.113. The molecule has 0 N–H and O–H groups in total. The number of pyridine rings is 1. The van der Waals surface area contributed by atoms with Crippen LogP contribution >= 0.6 is 11.6 Å². The molecule has 0 saturated heterocycles. The van der Waals surface area contributed by atoms with Crippen LogP contribution in [-0.4, -0.2) is 16.8 Å². The number of carbonyl (C=O) groups is 1. The number of halogens is 1. The Morgan fingerprint density at radius 3 is 2.93 bits per heavy atom. The van der Waals surface area contributed by atoms with E-state index < -0.39 is 5.24 Å². The van der Waals surface area contributed by atoms with E-state index in [-0.39, 0.29) is 6.61 Å². The van der Waals surface area contributed by atoms with Gasteiger partial charge in [-0.3, -0.25) is 9.78 Å². The molecule has 0 amide bonds. The maximum Gasteiger partial charge on any atom is 0.259 e. The van der Waals surface area contributed by atoms with E-state index in [1.807, 2.05) is 24.3 Å². The molecule has 4 heteroatoms. The highest BCUT2D eigenvalue weighted by molar-refractivity contribution is 6.63. The number of carbonyl (C=O) groups excluding carboxylic acids is 1. The van der Waals surface area contributed by atoms with Gasteiger partial charge in [-0.15, -0.1) is 0 Å². The molecule has 3 nitrogen and oxygen atoms in total. The topological polar surface area (TPSA) is 39.2 Å². The molecule has 0 radical (unpaired) electrons. The van der Waals surface area contributed by atoms with Crippen LogP contribution in [0.2, 0.25) is 0 Å². The van der Waals surface area contributed by atoms with Crippen molar-refractivity contribution in [1.82, 2.24) is 4.98 Å². The molecule has 0 aliphatic rings. The van der Waals surface area contributed by atoms with Gasteiger partial charge in [-0.05, 0) is 23.7 Å². The Hall–Kier alpha value is -1.61. The van der Waals surface area contributed by atoms with Gasteiger partial charge >= 0.3 is 0 Å². The van der Waals surface area contributed by atoms with Crippen molar-refractivity contribution < 1.29 is 9.53 Å². The Morgan fingerprint density at radius 1 is 1.33 bits per heavy atom. The van der Waals surface area contributed by atoms with Gasteiger partial charge in [-0.2, -0.15) is 0 Å². The summed E-state index contributed by atoms with van der Waals surface area (Å²) in [5.41, 5.74) is 0.734. The van der Waals surface area contributed by atoms with Crippen LogP contribution in [0.25, 0.3) is 10.9 Å². The molecule has 2 rings (SSSR count). The van der Waals surface area contributed by atoms with Gasteiger partial charge in [0, 0.05) is 11.6 Å². The zero-order chi connectivity index (χ0) is 10.7. The molecule has 0 fully saturated rings. The maximum atomic E-state index is 10.6. The zero-order valence-corrected chi connectivity index (χ0v) is 8.57. The van der Waals surface area contributed by atoms with E-state index in [1.165, 1.54) is 0 Å². The second-order valence-corrected chi connectivity index (χ2v) is 3.40. The van der Waals surface area contributed by atoms with Gasteiger partial charge in [0.15, 0.2) is 6.61 Å². The molecule has 76 valence electrons. The Balaban J connectivity index is 2.38. The van der Waals surface area contributed by atoms with Crippen LogP contribution in [0.3, 0.4) is 0 Å². The summed E-state index contributed by atoms with van der Waals surface area (Å²) in [5.74, 6) is 0.571. The van der Waals surface area contributed by atoms with E-state index in [0.717, 1.165) is 10.9 Å². The number of nitrogens with zero attached hydrogens (tertiary/aromatic N) is 1. The third-order valence-corrected chi connectivity index (χ3v) is 2.05. The van der Waals surface area contributed by atoms with Crippen LogP contribution in [0.5, 0.6) is 5.75 Å². The number of hydrogen-bond acceptors (Lipinski definition) is 3. The minimum atomic E-state index is -0.525. The fourth-order valence-corrected chi connectivity index (χ4v) is 1.38. The van der Waals surface area contributed by atoms with Crippen molar-refractivity contribution in [2.45, 2.75) is 0 Å². The standard InChI is InChI=1S/C11H8ClNO2/c12-10(14)7-15-9-5-1-3-8-4-2-6-13-11(8)9/h1-6H,7H2. The molecule has 0 aliphatic carbocycles. The first-order valence-electron chi connectivity index (χ1n) is 4.42. The number of benzene rings is 1. The fraction of sp³-hybridized carbons (Fsp3) is 0.0909. The van der Waals surface area contributed by atoms with Crippen LogP contribution in [0.15, 0.2) is 36.5 Å². The maximum absolute atomic E-state index is 10.6. The average molecular weight is 222 g/mol. The smallest absolute Gasteiger partial charge is 0.259 e. The molecule has 1 aromatic carbocycles. The molecule has 15 heavy (non-hydrogen) atoms. The molecule has 0 spiro atoms. The first kappa shape index (κ1) is 9.93. The summed E-state index contributed by atoms with van der Waals surface area (Å²) < 4.78 is 5.24. The molecule has 0 saturated carbocycles. The minimum absolute atomic E-state index is 0.142. The lowest BCUT2D eigenvalue weighted by Crippen LogP contribution is -2.04. The Bertz CT molecular complexity index is 493. The third-order valence-electron chi connectivity index (χ3n) is 1.94. The normalized spacial score (nSPS) is 10.2. The van der Waals surface area contributed by atoms with Crippen molar-refractivity contribution >= 4 is 27.7 Å². The SMILES string of the molecule is O=C(Cl)COc1cccc2cccnc12. The molecular formula is C11H8ClNO2. The van der Waals surface area contributed by atoms with Gasteiger partial charge in [-0.1, -0.05) is 18.2 Å². The number of para-hydroxylation sites is 1. The second-order valence-electron chi connectivity index (χ2n) is 2.98. The molecule has 0 atom stereocenters. The third kappa shape index (κ3) is 2.25. The predicted molar refractivity (Wildman–Crippen MR) is 58.1 cm³/mol. The molecule has 0 aliphatic heterocycles. The number of aromatic nitrogens is 1. The summed E-state index contributed by atoms with van der Waals surface area (Å²) in [6.07, 6.45) is 1.68. The van der Waals surface area contributed by atoms with Gasteiger partial charge < -0.3 is 4.74 Å². The van der Waals surface area contributed by atoms with Crippen LogP contribution in [0, 0.1) is 0 Å². The summed E-state index contributed by atoms with van der Waals surface area (Å²) in [6, 6.07) is 9.31. The monoisotopic (exact) mass is 221 g/mol. The van der Waals surface area contributed by atoms with Crippen molar-refractivity contribution in [3.8, 4) is 5.75 Å². The van der Waals surface area contributed by atoms with Crippen LogP contribution < -0.4 is 4.74 Å². The van der Waals surface area contributed by atoms with Crippen LogP contribution in [0.4, 0.5) is 0 Å². The predicted octanol–water partition coefficient (Wildman–Crippen LogP) is 2.38. The quantitative estimate of drug-likeness (QED) is 0.747. The van der Waals surface area contributed by atoms with Crippen molar-refractivity contribution in [3.63, 3.8) is 0 Å². The van der Waals surface area contributed by atoms with E-state index >= 15 is 0 Å². The van der Waals surface area contributed by atoms with Crippen molar-refractivity contribution in [2.24, 2.45) is 0 Å². The molecule has 0 bridgehead atoms. The van der Waals surface area contributed by atoms with E-state index in [1.54, 1.807) is 12.3 Å². The lowest BCUT2D eigenvalue weighted by atomic mass is 10.2. The van der Waals surface area contributed by atoms with E-state index in [9.17, 15) is 4.79 Å². The van der Waals surface area contributed by atoms with Gasteiger partial charge in [0.25, 0.3) is 5.24 Å². The number of fused-ring (bicyclic) bond motifs is 1. The van der Waals surface area contributed by atoms with Gasteiger partial charge in [0.1, 0.15) is 11.3 Å². The highest BCUT2D eigenvalue weighted by Gasteiger charge is 2.03. The van der Waals surface area contributed by atoms with Gasteiger partial charge in [-0.25, -0.2) is 0 Å². The summed E-state index contributed by atoms with van der Waals surface area (Å²) >= 11 is 5.19. The highest BCUT2D eigenvalue weighted by atomic mass is 35.5. The highest BCUT2D eigenvalue weighted by Crippen LogP contribution is 2.22. The van der Waals surface area contributed by atoms with Crippen molar-refractivity contribution in [3.05, 3.63) is 36.5 Å². The lowest BCUT2D eigenvalue weighted by Gasteiger charge is -2.05. The van der Waals surface area contributed by atoms with E-state index in [0.29, 0.717) is 5.75 Å². The average Bonchev–Trinajstić information content (AvgIpc) is 2.26. The second kappa shape index (κ2) is 4.28. The zero-order valence-electron chi connectivity index (χ0n) is 7.81. The molecular weight excluding hydrogens is 214 g/mol. The summed E-state index contributed by atoms with van der Waals surface area (Å²) in [4.78, 5) is 14.8. The summed E-state index contributed by atoms with van der Waals surface area (Å²) in [6.45, 7) is -0.142. The summed E-state index contributed by atoms with van der Waals surface area (Å²) in [7, 11) is 0. The molecule has 1 heterocycles. The first-order chi connectivity index (χ1) is 7.27. The van der Waals surface area contributed by atoms with Gasteiger partial charge in [0.2, 0.25) is 0 Å². The number of rotatable bonds is 3. The molecule has 1 aromatic heterocycles. The minimum Gasteiger partial charge on any atom is -0.482 e. The van der Waals surface area contributed by atoms with Crippen molar-refractivity contribution in [1.29, 1.82) is 0 Å². The first-order valence-corrected chi connectivity index (χ1v) is 4.80. The van der Waals surface area contributed by atoms with E-state index in [4.69, 9.17) is 16.3 Å². The van der Waals surface area contributed by atoms with Crippen molar-refractivity contribution in [2.75, 3.05) is 6.61 Å². The molecule has 0 unspecified atom stereocenters. The fourth-order valence-electron chi connectivity index (χ4n) is 1.33. The number of ether oxygens (including phenoxy) is 1.